The van der Waals surface area contributed by atoms with Crippen LogP contribution in [0.25, 0.3) is 0 Å². The number of hydrogen-bond acceptors (Lipinski definition) is 3. The standard InChI is InChI=1S/C12H17NO2/c14-8-7-13(12-6-9-15-12)10-11-4-2-1-3-5-11/h1-5,12,14H,6-10H2. The first-order valence-corrected chi connectivity index (χ1v) is 5.40. The monoisotopic (exact) mass is 207 g/mol. The molecule has 3 heteroatoms. The van der Waals surface area contributed by atoms with E-state index >= 15 is 0 Å². The molecule has 0 bridgehead atoms. The molecule has 0 amide bonds. The van der Waals surface area contributed by atoms with Crippen molar-refractivity contribution in [2.24, 2.45) is 0 Å². The number of ether oxygens (including phenoxy) is 1. The fourth-order valence-corrected chi connectivity index (χ4v) is 1.78. The third kappa shape index (κ3) is 2.78. The zero-order chi connectivity index (χ0) is 10.5. The third-order valence-corrected chi connectivity index (χ3v) is 2.70. The molecule has 1 saturated heterocycles. The van der Waals surface area contributed by atoms with Crippen molar-refractivity contribution in [3.63, 3.8) is 0 Å². The normalized spacial score (nSPS) is 20.3. The Kier molecular flexibility index (Phi) is 3.72. The Bertz CT molecular complexity index is 285. The quantitative estimate of drug-likeness (QED) is 0.788. The van der Waals surface area contributed by atoms with Crippen LogP contribution in [0.2, 0.25) is 0 Å². The molecule has 0 spiro atoms. The first-order valence-electron chi connectivity index (χ1n) is 5.40. The number of hydrogen-bond donors (Lipinski definition) is 1. The largest absolute Gasteiger partial charge is 0.395 e. The lowest BCUT2D eigenvalue weighted by molar-refractivity contribution is -0.150. The summed E-state index contributed by atoms with van der Waals surface area (Å²) in [7, 11) is 0. The predicted molar refractivity (Wildman–Crippen MR) is 58.3 cm³/mol. The third-order valence-electron chi connectivity index (χ3n) is 2.70. The van der Waals surface area contributed by atoms with Crippen molar-refractivity contribution in [3.05, 3.63) is 35.9 Å². The summed E-state index contributed by atoms with van der Waals surface area (Å²) >= 11 is 0. The van der Waals surface area contributed by atoms with Crippen LogP contribution in [0, 0.1) is 0 Å². The van der Waals surface area contributed by atoms with E-state index in [1.807, 2.05) is 18.2 Å². The van der Waals surface area contributed by atoms with Gasteiger partial charge in [0.15, 0.2) is 0 Å². The molecule has 0 aliphatic carbocycles. The van der Waals surface area contributed by atoms with Gasteiger partial charge in [-0.2, -0.15) is 0 Å². The molecular weight excluding hydrogens is 190 g/mol. The topological polar surface area (TPSA) is 32.7 Å². The Morgan fingerprint density at radius 1 is 1.33 bits per heavy atom. The molecule has 0 aromatic heterocycles. The van der Waals surface area contributed by atoms with Gasteiger partial charge in [-0.25, -0.2) is 0 Å². The lowest BCUT2D eigenvalue weighted by Gasteiger charge is -2.37. The van der Waals surface area contributed by atoms with Crippen LogP contribution >= 0.6 is 0 Å². The van der Waals surface area contributed by atoms with E-state index in [4.69, 9.17) is 9.84 Å². The van der Waals surface area contributed by atoms with Gasteiger partial charge in [-0.15, -0.1) is 0 Å². The number of aliphatic hydroxyl groups excluding tert-OH is 1. The molecule has 1 aliphatic heterocycles. The maximum absolute atomic E-state index is 8.99. The van der Waals surface area contributed by atoms with Gasteiger partial charge in [-0.1, -0.05) is 30.3 Å². The molecule has 1 aliphatic rings. The highest BCUT2D eigenvalue weighted by atomic mass is 16.5. The van der Waals surface area contributed by atoms with Gasteiger partial charge in [0.05, 0.1) is 13.2 Å². The first-order chi connectivity index (χ1) is 7.40. The van der Waals surface area contributed by atoms with Gasteiger partial charge in [0.1, 0.15) is 6.23 Å². The summed E-state index contributed by atoms with van der Waals surface area (Å²) in [6.45, 7) is 2.57. The highest BCUT2D eigenvalue weighted by Gasteiger charge is 2.25. The second-order valence-electron chi connectivity index (χ2n) is 3.79. The molecular formula is C12H17NO2. The molecule has 15 heavy (non-hydrogen) atoms. The molecule has 0 radical (unpaired) electrons. The van der Waals surface area contributed by atoms with Crippen molar-refractivity contribution >= 4 is 0 Å². The minimum atomic E-state index is 0.187. The zero-order valence-electron chi connectivity index (χ0n) is 8.80. The van der Waals surface area contributed by atoms with Crippen LogP contribution in [-0.2, 0) is 11.3 Å². The minimum Gasteiger partial charge on any atom is -0.395 e. The maximum Gasteiger partial charge on any atom is 0.113 e. The van der Waals surface area contributed by atoms with Gasteiger partial charge < -0.3 is 9.84 Å². The molecule has 1 aromatic rings. The Hall–Kier alpha value is -0.900. The smallest absolute Gasteiger partial charge is 0.113 e. The molecule has 2 rings (SSSR count). The van der Waals surface area contributed by atoms with Gasteiger partial charge in [-0.3, -0.25) is 4.90 Å². The molecule has 1 atom stereocenters. The van der Waals surface area contributed by atoms with E-state index in [2.05, 4.69) is 17.0 Å². The van der Waals surface area contributed by atoms with Crippen LogP contribution < -0.4 is 0 Å². The van der Waals surface area contributed by atoms with Crippen LogP contribution in [0.3, 0.4) is 0 Å². The molecule has 1 N–H and O–H groups in total. The SMILES string of the molecule is OCCN(Cc1ccccc1)C1CCO1. The van der Waals surface area contributed by atoms with E-state index in [-0.39, 0.29) is 12.8 Å². The number of rotatable bonds is 5. The van der Waals surface area contributed by atoms with E-state index in [1.54, 1.807) is 0 Å². The minimum absolute atomic E-state index is 0.187. The summed E-state index contributed by atoms with van der Waals surface area (Å²) in [6.07, 6.45) is 1.28. The highest BCUT2D eigenvalue weighted by Crippen LogP contribution is 2.18. The lowest BCUT2D eigenvalue weighted by atomic mass is 10.2. The molecule has 0 saturated carbocycles. The van der Waals surface area contributed by atoms with Crippen molar-refractivity contribution in [1.82, 2.24) is 4.90 Å². The average Bonchev–Trinajstić information content (AvgIpc) is 2.17. The fraction of sp³-hybridized carbons (Fsp3) is 0.500. The van der Waals surface area contributed by atoms with Crippen LogP contribution in [-0.4, -0.2) is 36.0 Å². The van der Waals surface area contributed by atoms with Crippen molar-refractivity contribution in [2.45, 2.75) is 19.2 Å². The van der Waals surface area contributed by atoms with E-state index in [0.29, 0.717) is 6.54 Å². The zero-order valence-corrected chi connectivity index (χ0v) is 8.80. The highest BCUT2D eigenvalue weighted by molar-refractivity contribution is 5.14. The number of aliphatic hydroxyl groups is 1. The Balaban J connectivity index is 1.93. The summed E-state index contributed by atoms with van der Waals surface area (Å²) in [5, 5.41) is 8.99. The van der Waals surface area contributed by atoms with Gasteiger partial charge in [0.2, 0.25) is 0 Å². The Labute approximate surface area is 90.3 Å². The molecule has 1 unspecified atom stereocenters. The maximum atomic E-state index is 8.99. The van der Waals surface area contributed by atoms with Crippen LogP contribution in [0.1, 0.15) is 12.0 Å². The number of benzene rings is 1. The average molecular weight is 207 g/mol. The van der Waals surface area contributed by atoms with Crippen LogP contribution in [0.15, 0.2) is 30.3 Å². The molecule has 3 nitrogen and oxygen atoms in total. The molecule has 1 aromatic carbocycles. The predicted octanol–water partition coefficient (Wildman–Crippen LogP) is 1.23. The van der Waals surface area contributed by atoms with Gasteiger partial charge >= 0.3 is 0 Å². The van der Waals surface area contributed by atoms with Crippen molar-refractivity contribution in [1.29, 1.82) is 0 Å². The fourth-order valence-electron chi connectivity index (χ4n) is 1.78. The summed E-state index contributed by atoms with van der Waals surface area (Å²) < 4.78 is 5.43. The summed E-state index contributed by atoms with van der Waals surface area (Å²) in [4.78, 5) is 2.18. The Morgan fingerprint density at radius 3 is 2.60 bits per heavy atom. The van der Waals surface area contributed by atoms with Crippen LogP contribution in [0.4, 0.5) is 0 Å². The second-order valence-corrected chi connectivity index (χ2v) is 3.79. The van der Waals surface area contributed by atoms with Gasteiger partial charge in [0.25, 0.3) is 0 Å². The second kappa shape index (κ2) is 5.26. The van der Waals surface area contributed by atoms with Crippen molar-refractivity contribution < 1.29 is 9.84 Å². The molecule has 82 valence electrons. The van der Waals surface area contributed by atoms with E-state index in [1.165, 1.54) is 5.56 Å². The van der Waals surface area contributed by atoms with E-state index < -0.39 is 0 Å². The first kappa shape index (κ1) is 10.6. The summed E-state index contributed by atoms with van der Waals surface area (Å²) in [6, 6.07) is 10.3. The van der Waals surface area contributed by atoms with Crippen molar-refractivity contribution in [3.8, 4) is 0 Å². The molecule has 1 heterocycles. The summed E-state index contributed by atoms with van der Waals surface area (Å²) in [5.41, 5.74) is 1.27. The van der Waals surface area contributed by atoms with Gasteiger partial charge in [-0.05, 0) is 5.56 Å². The van der Waals surface area contributed by atoms with Gasteiger partial charge in [0, 0.05) is 19.5 Å². The van der Waals surface area contributed by atoms with E-state index in [9.17, 15) is 0 Å². The lowest BCUT2D eigenvalue weighted by Crippen LogP contribution is -2.45. The van der Waals surface area contributed by atoms with Crippen molar-refractivity contribution in [2.75, 3.05) is 19.8 Å². The number of nitrogens with zero attached hydrogens (tertiary/aromatic N) is 1. The molecule has 1 fully saturated rings. The Morgan fingerprint density at radius 2 is 2.07 bits per heavy atom. The van der Waals surface area contributed by atoms with E-state index in [0.717, 1.165) is 19.6 Å². The summed E-state index contributed by atoms with van der Waals surface area (Å²) in [5.74, 6) is 0. The van der Waals surface area contributed by atoms with Crippen LogP contribution in [0.5, 0.6) is 0 Å².